The third kappa shape index (κ3) is 260. The number of carboxylic acid groups (broad SMARTS) is 1. The van der Waals surface area contributed by atoms with E-state index in [1.807, 2.05) is 0 Å². The first-order valence-electron chi connectivity index (χ1n) is 1.71. The van der Waals surface area contributed by atoms with Crippen LogP contribution < -0.4 is 80.9 Å². The topological polar surface area (TPSA) is 115 Å². The molecule has 0 aromatic carbocycles. The van der Waals surface area contributed by atoms with Crippen LogP contribution in [0, 0.1) is 0 Å². The van der Waals surface area contributed by atoms with Crippen molar-refractivity contribution in [1.82, 2.24) is 0 Å². The molecule has 0 amide bonds. The minimum Gasteiger partial charge on any atom is -1.00 e. The molecule has 0 atom stereocenters. The minimum absolute atomic E-state index is 0. The predicted octanol–water partition coefficient (Wildman–Crippen LogP) is -6.60. The van der Waals surface area contributed by atoms with Crippen molar-refractivity contribution in [3.63, 3.8) is 0 Å². The molecule has 0 aliphatic heterocycles. The van der Waals surface area contributed by atoms with Crippen molar-refractivity contribution in [3.8, 4) is 0 Å². The van der Waals surface area contributed by atoms with E-state index in [-0.39, 0.29) is 83.8 Å². The second-order valence-corrected chi connectivity index (χ2v) is 2.06. The van der Waals surface area contributed by atoms with Gasteiger partial charge in [0, 0.05) is 6.92 Å². The molecule has 0 fully saturated rings. The van der Waals surface area contributed by atoms with Crippen LogP contribution >= 0.6 is 7.82 Å². The van der Waals surface area contributed by atoms with Crippen molar-refractivity contribution in [2.45, 2.75) is 6.92 Å². The molecule has 60 valence electrons. The molecule has 0 radical (unpaired) electrons. The van der Waals surface area contributed by atoms with Crippen LogP contribution in [0.25, 0.3) is 0 Å². The number of hydrogen-bond acceptors (Lipinski definition) is 2. The zero-order chi connectivity index (χ0) is 8.08. The molecule has 0 spiro atoms. The van der Waals surface area contributed by atoms with E-state index in [4.69, 9.17) is 29.1 Å². The maximum absolute atomic E-state index is 9.00. The zero-order valence-corrected chi connectivity index (χ0v) is 12.6. The molecular formula is C2H9KNaO6P. The number of hydrogen-bond donors (Lipinski definition) is 4. The Bertz CT molecular complexity index is 128. The summed E-state index contributed by atoms with van der Waals surface area (Å²) < 4.78 is 8.88. The molecule has 0 aromatic heterocycles. The van der Waals surface area contributed by atoms with Gasteiger partial charge in [-0.15, -0.1) is 0 Å². The molecule has 0 aliphatic carbocycles. The molecule has 4 N–H and O–H groups in total. The Hall–Kier alpha value is 2.22. The molecule has 0 aliphatic rings. The molecule has 9 heteroatoms. The standard InChI is InChI=1S/C2H4O2.K.Na.H3O4P.2H/c1-2(3)4;;;1-5(2,3)4;;/h1H3,(H,3,4);;;(H3,1,2,3,4);;/q;2*+1;;2*-1. The quantitative estimate of drug-likeness (QED) is 0.239. The molecule has 0 bridgehead atoms. The van der Waals surface area contributed by atoms with Gasteiger partial charge in [-0.3, -0.25) is 4.79 Å². The Balaban J connectivity index is -0.0000000146. The van der Waals surface area contributed by atoms with E-state index in [0.29, 0.717) is 0 Å². The van der Waals surface area contributed by atoms with E-state index in [1.165, 1.54) is 0 Å². The van der Waals surface area contributed by atoms with Crippen LogP contribution in [0.1, 0.15) is 9.78 Å². The van der Waals surface area contributed by atoms with Gasteiger partial charge in [-0.1, -0.05) is 0 Å². The van der Waals surface area contributed by atoms with Gasteiger partial charge in [-0.05, 0) is 0 Å². The van der Waals surface area contributed by atoms with Crippen molar-refractivity contribution in [1.29, 1.82) is 0 Å². The first-order chi connectivity index (χ1) is 3.73. The predicted molar refractivity (Wildman–Crippen MR) is 29.8 cm³/mol. The minimum atomic E-state index is -4.64. The molecule has 0 heterocycles. The number of carbonyl (C=O) groups is 1. The van der Waals surface area contributed by atoms with Crippen molar-refractivity contribution in [2.24, 2.45) is 0 Å². The SMILES string of the molecule is CC(=O)O.O=P(O)(O)O.[H-].[H-].[K+].[Na+]. The van der Waals surface area contributed by atoms with E-state index >= 15 is 0 Å². The Morgan fingerprint density at radius 2 is 1.36 bits per heavy atom. The van der Waals surface area contributed by atoms with Crippen molar-refractivity contribution >= 4 is 13.8 Å². The van der Waals surface area contributed by atoms with Crippen LogP contribution in [0.3, 0.4) is 0 Å². The van der Waals surface area contributed by atoms with Gasteiger partial charge >= 0.3 is 88.8 Å². The molecule has 6 nitrogen and oxygen atoms in total. The first kappa shape index (κ1) is 23.2. The summed E-state index contributed by atoms with van der Waals surface area (Å²) in [4.78, 5) is 30.6. The molecule has 0 rings (SSSR count). The van der Waals surface area contributed by atoms with Crippen LogP contribution in [0.2, 0.25) is 0 Å². The van der Waals surface area contributed by atoms with E-state index < -0.39 is 13.8 Å². The van der Waals surface area contributed by atoms with Gasteiger partial charge in [0.15, 0.2) is 0 Å². The third-order valence-electron chi connectivity index (χ3n) is 0. The second kappa shape index (κ2) is 12.2. The summed E-state index contributed by atoms with van der Waals surface area (Å²) in [5.41, 5.74) is 0. The molecule has 0 saturated heterocycles. The van der Waals surface area contributed by atoms with Gasteiger partial charge in [0.2, 0.25) is 0 Å². The number of phosphoric acid groups is 1. The second-order valence-electron chi connectivity index (χ2n) is 1.03. The number of carboxylic acids is 1. The summed E-state index contributed by atoms with van der Waals surface area (Å²) in [7, 11) is -4.64. The summed E-state index contributed by atoms with van der Waals surface area (Å²) in [5, 5.41) is 7.42. The average Bonchev–Trinajstić information content (AvgIpc) is 1.19. The molecule has 0 unspecified atom stereocenters. The Morgan fingerprint density at radius 3 is 1.36 bits per heavy atom. The molecule has 11 heavy (non-hydrogen) atoms. The summed E-state index contributed by atoms with van der Waals surface area (Å²) in [6.45, 7) is 1.08. The van der Waals surface area contributed by atoms with Gasteiger partial charge in [0.25, 0.3) is 5.97 Å². The van der Waals surface area contributed by atoms with Crippen molar-refractivity contribution in [2.75, 3.05) is 0 Å². The largest absolute Gasteiger partial charge is 1.00 e. The third-order valence-corrected chi connectivity index (χ3v) is 0. The summed E-state index contributed by atoms with van der Waals surface area (Å²) in [6, 6.07) is 0. The van der Waals surface area contributed by atoms with Gasteiger partial charge in [-0.2, -0.15) is 0 Å². The van der Waals surface area contributed by atoms with Crippen LogP contribution in [0.15, 0.2) is 0 Å². The summed E-state index contributed by atoms with van der Waals surface area (Å²) in [6.07, 6.45) is 0. The van der Waals surface area contributed by atoms with Gasteiger partial charge in [0.05, 0.1) is 0 Å². The van der Waals surface area contributed by atoms with Crippen LogP contribution in [-0.4, -0.2) is 25.8 Å². The van der Waals surface area contributed by atoms with E-state index in [0.717, 1.165) is 6.92 Å². The average molecular weight is 222 g/mol. The van der Waals surface area contributed by atoms with Crippen LogP contribution in [-0.2, 0) is 9.36 Å². The normalized spacial score (nSPS) is 7.64. The van der Waals surface area contributed by atoms with Crippen LogP contribution in [0.4, 0.5) is 0 Å². The van der Waals surface area contributed by atoms with E-state index in [9.17, 15) is 0 Å². The fourth-order valence-corrected chi connectivity index (χ4v) is 0. The first-order valence-corrected chi connectivity index (χ1v) is 3.28. The number of rotatable bonds is 0. The Labute approximate surface area is 131 Å². The smallest absolute Gasteiger partial charge is 1.00 e. The van der Waals surface area contributed by atoms with Crippen LogP contribution in [0.5, 0.6) is 0 Å². The van der Waals surface area contributed by atoms with E-state index in [2.05, 4.69) is 0 Å². The van der Waals surface area contributed by atoms with Gasteiger partial charge in [0.1, 0.15) is 0 Å². The summed E-state index contributed by atoms with van der Waals surface area (Å²) in [5.74, 6) is -0.833. The van der Waals surface area contributed by atoms with Gasteiger partial charge in [-0.25, -0.2) is 4.57 Å². The fraction of sp³-hybridized carbons (Fsp3) is 0.500. The Morgan fingerprint density at radius 1 is 1.36 bits per heavy atom. The van der Waals surface area contributed by atoms with Gasteiger partial charge < -0.3 is 22.6 Å². The molecular weight excluding hydrogens is 213 g/mol. The van der Waals surface area contributed by atoms with Crippen molar-refractivity contribution in [3.05, 3.63) is 0 Å². The fourth-order valence-electron chi connectivity index (χ4n) is 0. The zero-order valence-electron chi connectivity index (χ0n) is 8.55. The maximum atomic E-state index is 9.00. The number of aliphatic carboxylic acids is 1. The molecule has 0 saturated carbocycles. The Kier molecular flexibility index (Phi) is 25.8. The monoisotopic (exact) mass is 222 g/mol. The van der Waals surface area contributed by atoms with Crippen molar-refractivity contribution < 1.29 is 113 Å². The van der Waals surface area contributed by atoms with E-state index in [1.54, 1.807) is 0 Å². The molecule has 0 aromatic rings. The summed E-state index contributed by atoms with van der Waals surface area (Å²) >= 11 is 0. The maximum Gasteiger partial charge on any atom is 1.00 e.